The van der Waals surface area contributed by atoms with Gasteiger partial charge in [0.1, 0.15) is 5.83 Å². The van der Waals surface area contributed by atoms with Gasteiger partial charge in [0, 0.05) is 0 Å². The first kappa shape index (κ1) is 9.15. The van der Waals surface area contributed by atoms with Crippen LogP contribution in [0.5, 0.6) is 0 Å². The second-order valence-electron chi connectivity index (χ2n) is 1.98. The molecule has 0 rings (SSSR count). The predicted octanol–water partition coefficient (Wildman–Crippen LogP) is 3.38. The second kappa shape index (κ2) is 4.98. The molecule has 0 aromatic carbocycles. The Morgan fingerprint density at radius 1 is 1.60 bits per heavy atom. The van der Waals surface area contributed by atoms with Crippen LogP contribution in [0.15, 0.2) is 36.2 Å². The van der Waals surface area contributed by atoms with Crippen LogP contribution in [0.4, 0.5) is 4.39 Å². The minimum atomic E-state index is -0.333. The fraction of sp³-hybridized carbons (Fsp3) is 0.333. The third kappa shape index (κ3) is 3.23. The van der Waals surface area contributed by atoms with Gasteiger partial charge in [0.25, 0.3) is 0 Å². The second-order valence-corrected chi connectivity index (χ2v) is 1.98. The van der Waals surface area contributed by atoms with Crippen LogP contribution in [-0.2, 0) is 0 Å². The number of halogens is 1. The molecule has 0 aliphatic rings. The molecule has 0 unspecified atom stereocenters. The van der Waals surface area contributed by atoms with Gasteiger partial charge in [-0.25, -0.2) is 4.39 Å². The van der Waals surface area contributed by atoms with E-state index in [4.69, 9.17) is 0 Å². The van der Waals surface area contributed by atoms with Gasteiger partial charge in [-0.05, 0) is 18.9 Å². The van der Waals surface area contributed by atoms with Gasteiger partial charge in [0.05, 0.1) is 0 Å². The maximum absolute atomic E-state index is 12.4. The normalized spacial score (nSPS) is 12.5. The van der Waals surface area contributed by atoms with Crippen LogP contribution in [0.1, 0.15) is 20.3 Å². The van der Waals surface area contributed by atoms with E-state index < -0.39 is 0 Å². The standard InChI is InChI=1S/C9H13F/c1-4-6-7-9(5-2)8(3)10/h4,6-7H,3,5H2,1-2H3/b6-4-,9-7-. The Hall–Kier alpha value is -0.850. The molecule has 0 aromatic heterocycles. The first-order chi connectivity index (χ1) is 4.72. The summed E-state index contributed by atoms with van der Waals surface area (Å²) in [5.74, 6) is -0.333. The molecule has 0 aliphatic carbocycles. The highest BCUT2D eigenvalue weighted by Gasteiger charge is 1.94. The maximum atomic E-state index is 12.4. The van der Waals surface area contributed by atoms with Crippen LogP contribution < -0.4 is 0 Å². The third-order valence-electron chi connectivity index (χ3n) is 1.22. The van der Waals surface area contributed by atoms with Gasteiger partial charge in [-0.3, -0.25) is 0 Å². The number of rotatable bonds is 3. The van der Waals surface area contributed by atoms with Crippen molar-refractivity contribution in [3.8, 4) is 0 Å². The van der Waals surface area contributed by atoms with Crippen molar-refractivity contribution in [2.45, 2.75) is 20.3 Å². The minimum Gasteiger partial charge on any atom is -0.207 e. The Kier molecular flexibility index (Phi) is 4.55. The Morgan fingerprint density at radius 3 is 2.50 bits per heavy atom. The Balaban J connectivity index is 4.18. The molecular formula is C9H13F. The summed E-state index contributed by atoms with van der Waals surface area (Å²) in [5.41, 5.74) is 0.665. The van der Waals surface area contributed by atoms with E-state index in [1.54, 1.807) is 6.08 Å². The maximum Gasteiger partial charge on any atom is 0.119 e. The van der Waals surface area contributed by atoms with Crippen molar-refractivity contribution in [2.75, 3.05) is 0 Å². The molecule has 0 N–H and O–H groups in total. The van der Waals surface area contributed by atoms with Crippen LogP contribution in [0.2, 0.25) is 0 Å². The highest BCUT2D eigenvalue weighted by atomic mass is 19.1. The summed E-state index contributed by atoms with van der Waals surface area (Å²) < 4.78 is 12.4. The van der Waals surface area contributed by atoms with Gasteiger partial charge in [0.2, 0.25) is 0 Å². The molecule has 10 heavy (non-hydrogen) atoms. The highest BCUT2D eigenvalue weighted by molar-refractivity contribution is 5.26. The summed E-state index contributed by atoms with van der Waals surface area (Å²) in [7, 11) is 0. The summed E-state index contributed by atoms with van der Waals surface area (Å²) in [5, 5.41) is 0. The van der Waals surface area contributed by atoms with E-state index >= 15 is 0 Å². The van der Waals surface area contributed by atoms with Crippen molar-refractivity contribution < 1.29 is 4.39 Å². The molecule has 0 heterocycles. The van der Waals surface area contributed by atoms with Gasteiger partial charge in [-0.1, -0.05) is 31.7 Å². The van der Waals surface area contributed by atoms with Crippen molar-refractivity contribution in [2.24, 2.45) is 0 Å². The smallest absolute Gasteiger partial charge is 0.119 e. The first-order valence-corrected chi connectivity index (χ1v) is 3.39. The molecule has 56 valence electrons. The van der Waals surface area contributed by atoms with Crippen LogP contribution in [-0.4, -0.2) is 0 Å². The van der Waals surface area contributed by atoms with Crippen LogP contribution >= 0.6 is 0 Å². The monoisotopic (exact) mass is 140 g/mol. The largest absolute Gasteiger partial charge is 0.207 e. The van der Waals surface area contributed by atoms with Crippen molar-refractivity contribution in [3.63, 3.8) is 0 Å². The molecule has 0 saturated heterocycles. The lowest BCUT2D eigenvalue weighted by atomic mass is 10.2. The van der Waals surface area contributed by atoms with Gasteiger partial charge >= 0.3 is 0 Å². The van der Waals surface area contributed by atoms with Gasteiger partial charge in [0.15, 0.2) is 0 Å². The van der Waals surface area contributed by atoms with Crippen molar-refractivity contribution >= 4 is 0 Å². The predicted molar refractivity (Wildman–Crippen MR) is 43.4 cm³/mol. The van der Waals surface area contributed by atoms with Crippen molar-refractivity contribution in [3.05, 3.63) is 36.2 Å². The minimum absolute atomic E-state index is 0.333. The van der Waals surface area contributed by atoms with E-state index in [1.807, 2.05) is 26.0 Å². The van der Waals surface area contributed by atoms with Crippen LogP contribution in [0, 0.1) is 0 Å². The Labute approximate surface area is 61.8 Å². The quantitative estimate of drug-likeness (QED) is 0.527. The lowest BCUT2D eigenvalue weighted by Gasteiger charge is -1.95. The molecule has 1 heteroatoms. The summed E-state index contributed by atoms with van der Waals surface area (Å²) in [4.78, 5) is 0. The third-order valence-corrected chi connectivity index (χ3v) is 1.22. The van der Waals surface area contributed by atoms with E-state index in [0.29, 0.717) is 12.0 Å². The van der Waals surface area contributed by atoms with Crippen molar-refractivity contribution in [1.82, 2.24) is 0 Å². The van der Waals surface area contributed by atoms with Gasteiger partial charge in [-0.2, -0.15) is 0 Å². The topological polar surface area (TPSA) is 0 Å². The average Bonchev–Trinajstić information content (AvgIpc) is 1.89. The van der Waals surface area contributed by atoms with E-state index in [-0.39, 0.29) is 5.83 Å². The van der Waals surface area contributed by atoms with Crippen LogP contribution in [0.3, 0.4) is 0 Å². The molecule has 0 radical (unpaired) electrons. The zero-order chi connectivity index (χ0) is 7.98. The first-order valence-electron chi connectivity index (χ1n) is 3.39. The molecule has 0 spiro atoms. The summed E-state index contributed by atoms with van der Waals surface area (Å²) in [6.07, 6.45) is 6.10. The summed E-state index contributed by atoms with van der Waals surface area (Å²) in [6, 6.07) is 0. The molecular weight excluding hydrogens is 127 g/mol. The molecule has 0 nitrogen and oxygen atoms in total. The van der Waals surface area contributed by atoms with E-state index in [2.05, 4.69) is 6.58 Å². The average molecular weight is 140 g/mol. The summed E-state index contributed by atoms with van der Waals surface area (Å²) >= 11 is 0. The summed E-state index contributed by atoms with van der Waals surface area (Å²) in [6.45, 7) is 7.01. The number of allylic oxidation sites excluding steroid dienone is 5. The molecule has 0 atom stereocenters. The Morgan fingerprint density at radius 2 is 2.20 bits per heavy atom. The Bertz CT molecular complexity index is 164. The number of hydrogen-bond acceptors (Lipinski definition) is 0. The number of hydrogen-bond donors (Lipinski definition) is 0. The van der Waals surface area contributed by atoms with E-state index in [1.165, 1.54) is 0 Å². The van der Waals surface area contributed by atoms with E-state index in [9.17, 15) is 4.39 Å². The molecule has 0 fully saturated rings. The zero-order valence-corrected chi connectivity index (χ0v) is 6.52. The van der Waals surface area contributed by atoms with Crippen LogP contribution in [0.25, 0.3) is 0 Å². The SMILES string of the molecule is C=C(F)/C(=C\C=C/C)CC. The van der Waals surface area contributed by atoms with Gasteiger partial charge in [-0.15, -0.1) is 0 Å². The molecule has 0 saturated carbocycles. The van der Waals surface area contributed by atoms with Crippen molar-refractivity contribution in [1.29, 1.82) is 0 Å². The van der Waals surface area contributed by atoms with E-state index in [0.717, 1.165) is 0 Å². The fourth-order valence-electron chi connectivity index (χ4n) is 0.612. The molecule has 0 amide bonds. The lowest BCUT2D eigenvalue weighted by molar-refractivity contribution is 0.647. The molecule has 0 aliphatic heterocycles. The fourth-order valence-corrected chi connectivity index (χ4v) is 0.612. The van der Waals surface area contributed by atoms with Gasteiger partial charge < -0.3 is 0 Å². The molecule has 0 bridgehead atoms. The zero-order valence-electron chi connectivity index (χ0n) is 6.52. The highest BCUT2D eigenvalue weighted by Crippen LogP contribution is 2.12. The molecule has 0 aromatic rings. The lowest BCUT2D eigenvalue weighted by Crippen LogP contribution is -1.77.